The zero-order valence-corrected chi connectivity index (χ0v) is 20.1. The highest BCUT2D eigenvalue weighted by Crippen LogP contribution is 2.22. The van der Waals surface area contributed by atoms with Gasteiger partial charge in [0.25, 0.3) is 0 Å². The van der Waals surface area contributed by atoms with Crippen LogP contribution in [0.2, 0.25) is 0 Å². The van der Waals surface area contributed by atoms with Crippen molar-refractivity contribution in [3.05, 3.63) is 0 Å². The second kappa shape index (κ2) is 13.1. The van der Waals surface area contributed by atoms with Gasteiger partial charge in [-0.15, -0.1) is 0 Å². The molecule has 0 aromatic carbocycles. The van der Waals surface area contributed by atoms with Gasteiger partial charge in [0.1, 0.15) is 18.1 Å². The maximum Gasteiger partial charge on any atom is 0.326 e. The van der Waals surface area contributed by atoms with Crippen molar-refractivity contribution in [1.82, 2.24) is 20.9 Å². The molecule has 2 fully saturated rings. The van der Waals surface area contributed by atoms with Crippen LogP contribution in [0.15, 0.2) is 4.99 Å². The Balaban J connectivity index is 2.05. The summed E-state index contributed by atoms with van der Waals surface area (Å²) in [5, 5.41) is 18.1. The Morgan fingerprint density at radius 3 is 2.47 bits per heavy atom. The molecule has 0 radical (unpaired) electrons. The summed E-state index contributed by atoms with van der Waals surface area (Å²) in [6.45, 7) is 5.24. The third kappa shape index (κ3) is 7.57. The lowest BCUT2D eigenvalue weighted by molar-refractivity contribution is -0.145. The van der Waals surface area contributed by atoms with E-state index in [1.54, 1.807) is 0 Å². The monoisotopic (exact) mass is 481 g/mol. The molecule has 0 aliphatic carbocycles. The Morgan fingerprint density at radius 2 is 1.88 bits per heavy atom. The largest absolute Gasteiger partial charge is 0.480 e. The molecule has 2 rings (SSSR count). The van der Waals surface area contributed by atoms with Crippen LogP contribution in [-0.4, -0.2) is 83.5 Å². The van der Waals surface area contributed by atoms with Crippen molar-refractivity contribution in [3.8, 4) is 0 Å². The minimum Gasteiger partial charge on any atom is -0.480 e. The predicted molar refractivity (Wildman–Crippen MR) is 127 cm³/mol. The van der Waals surface area contributed by atoms with Crippen molar-refractivity contribution in [3.63, 3.8) is 0 Å². The molecule has 2 aliphatic heterocycles. The maximum atomic E-state index is 13.5. The standard InChI is InChI=1S/C22H39N7O5/c1-3-13(2)17(28-18(30)14-7-4-10-25-14)20(32)29-12-6-9-16(29)19(31)27-15(21(33)34)8-5-11-26-22(23)24/h13-17,25H,3-12H2,1-2H3,(H,27,31)(H,28,30)(H,33,34)(H4,23,24,26). The van der Waals surface area contributed by atoms with E-state index >= 15 is 0 Å². The van der Waals surface area contributed by atoms with Crippen LogP contribution in [0, 0.1) is 5.92 Å². The predicted octanol–water partition coefficient (Wildman–Crippen LogP) is -1.12. The Labute approximate surface area is 200 Å². The summed E-state index contributed by atoms with van der Waals surface area (Å²) in [4.78, 5) is 56.1. The molecule has 2 aliphatic rings. The highest BCUT2D eigenvalue weighted by atomic mass is 16.4. The van der Waals surface area contributed by atoms with Gasteiger partial charge in [0.15, 0.2) is 5.96 Å². The molecule has 3 amide bonds. The Bertz CT molecular complexity index is 765. The van der Waals surface area contributed by atoms with Gasteiger partial charge in [0, 0.05) is 13.1 Å². The molecule has 192 valence electrons. The summed E-state index contributed by atoms with van der Waals surface area (Å²) in [6, 6.07) is -2.95. The number of nitrogens with zero attached hydrogens (tertiary/aromatic N) is 2. The topological polar surface area (TPSA) is 192 Å². The molecule has 34 heavy (non-hydrogen) atoms. The van der Waals surface area contributed by atoms with Gasteiger partial charge in [-0.25, -0.2) is 4.79 Å². The lowest BCUT2D eigenvalue weighted by Gasteiger charge is -2.32. The maximum absolute atomic E-state index is 13.5. The first kappa shape index (κ1) is 27.4. The molecule has 2 heterocycles. The van der Waals surface area contributed by atoms with Crippen LogP contribution in [0.3, 0.4) is 0 Å². The first-order valence-corrected chi connectivity index (χ1v) is 12.1. The molecule has 0 aromatic heterocycles. The number of nitrogens with two attached hydrogens (primary N) is 2. The molecule has 0 spiro atoms. The lowest BCUT2D eigenvalue weighted by atomic mass is 9.96. The summed E-state index contributed by atoms with van der Waals surface area (Å²) in [5.41, 5.74) is 10.5. The number of nitrogens with one attached hydrogen (secondary N) is 3. The number of carbonyl (C=O) groups excluding carboxylic acids is 3. The summed E-state index contributed by atoms with van der Waals surface area (Å²) in [6.07, 6.45) is 3.89. The molecule has 8 N–H and O–H groups in total. The summed E-state index contributed by atoms with van der Waals surface area (Å²) >= 11 is 0. The molecule has 0 bridgehead atoms. The fraction of sp³-hybridized carbons (Fsp3) is 0.773. The third-order valence-corrected chi connectivity index (χ3v) is 6.55. The SMILES string of the molecule is CCC(C)C(NC(=O)C1CCCN1)C(=O)N1CCCC1C(=O)NC(CCCN=C(N)N)C(=O)O. The number of carboxylic acid groups (broad SMARTS) is 1. The number of aliphatic carboxylic acids is 1. The van der Waals surface area contributed by atoms with Gasteiger partial charge in [0.2, 0.25) is 17.7 Å². The number of carbonyl (C=O) groups is 4. The van der Waals surface area contributed by atoms with Crippen molar-refractivity contribution in [1.29, 1.82) is 0 Å². The van der Waals surface area contributed by atoms with Crippen LogP contribution in [0.25, 0.3) is 0 Å². The average Bonchev–Trinajstić information content (AvgIpc) is 3.50. The molecule has 0 saturated carbocycles. The third-order valence-electron chi connectivity index (χ3n) is 6.55. The Hall–Kier alpha value is -2.89. The van der Waals surface area contributed by atoms with Crippen molar-refractivity contribution in [2.75, 3.05) is 19.6 Å². The van der Waals surface area contributed by atoms with Gasteiger partial charge in [-0.3, -0.25) is 19.4 Å². The van der Waals surface area contributed by atoms with Gasteiger partial charge in [-0.1, -0.05) is 20.3 Å². The van der Waals surface area contributed by atoms with Crippen LogP contribution in [0.1, 0.15) is 58.8 Å². The molecule has 12 heteroatoms. The van der Waals surface area contributed by atoms with Gasteiger partial charge in [0.05, 0.1) is 6.04 Å². The number of aliphatic imine (C=N–C) groups is 1. The van der Waals surface area contributed by atoms with E-state index in [9.17, 15) is 24.3 Å². The number of hydrogen-bond acceptors (Lipinski definition) is 6. The lowest BCUT2D eigenvalue weighted by Crippen LogP contribution is -2.58. The molecule has 2 saturated heterocycles. The molecular weight excluding hydrogens is 442 g/mol. The second-order valence-electron chi connectivity index (χ2n) is 9.06. The first-order valence-electron chi connectivity index (χ1n) is 12.1. The highest BCUT2D eigenvalue weighted by Gasteiger charge is 2.40. The van der Waals surface area contributed by atoms with E-state index in [4.69, 9.17) is 11.5 Å². The number of carboxylic acids is 1. The van der Waals surface area contributed by atoms with Crippen molar-refractivity contribution < 1.29 is 24.3 Å². The summed E-state index contributed by atoms with van der Waals surface area (Å²) < 4.78 is 0. The fourth-order valence-corrected chi connectivity index (χ4v) is 4.36. The molecule has 5 unspecified atom stereocenters. The number of likely N-dealkylation sites (tertiary alicyclic amines) is 1. The number of rotatable bonds is 12. The summed E-state index contributed by atoms with van der Waals surface area (Å²) in [7, 11) is 0. The highest BCUT2D eigenvalue weighted by molar-refractivity contribution is 5.94. The van der Waals surface area contributed by atoms with Crippen LogP contribution in [0.5, 0.6) is 0 Å². The fourth-order valence-electron chi connectivity index (χ4n) is 4.36. The smallest absolute Gasteiger partial charge is 0.326 e. The van der Waals surface area contributed by atoms with Gasteiger partial charge in [-0.2, -0.15) is 0 Å². The van der Waals surface area contributed by atoms with Gasteiger partial charge in [-0.05, 0) is 51.0 Å². The minimum absolute atomic E-state index is 0.0808. The van der Waals surface area contributed by atoms with E-state index in [0.29, 0.717) is 32.2 Å². The van der Waals surface area contributed by atoms with E-state index in [1.807, 2.05) is 13.8 Å². The first-order chi connectivity index (χ1) is 16.1. The van der Waals surface area contributed by atoms with Crippen LogP contribution in [-0.2, 0) is 19.2 Å². The van der Waals surface area contributed by atoms with Crippen molar-refractivity contribution >= 4 is 29.7 Å². The van der Waals surface area contributed by atoms with Crippen molar-refractivity contribution in [2.24, 2.45) is 22.4 Å². The normalized spacial score (nSPS) is 22.5. The zero-order valence-electron chi connectivity index (χ0n) is 20.1. The van der Waals surface area contributed by atoms with Crippen LogP contribution >= 0.6 is 0 Å². The summed E-state index contributed by atoms with van der Waals surface area (Å²) in [5.74, 6) is -2.39. The Morgan fingerprint density at radius 1 is 1.15 bits per heavy atom. The van der Waals surface area contributed by atoms with Gasteiger partial charge >= 0.3 is 5.97 Å². The van der Waals surface area contributed by atoms with E-state index < -0.39 is 30.0 Å². The van der Waals surface area contributed by atoms with E-state index in [1.165, 1.54) is 4.90 Å². The number of guanidine groups is 1. The van der Waals surface area contributed by atoms with E-state index in [-0.39, 0.29) is 42.7 Å². The number of amides is 3. The Kier molecular flexibility index (Phi) is 10.6. The second-order valence-corrected chi connectivity index (χ2v) is 9.06. The molecule has 5 atom stereocenters. The van der Waals surface area contributed by atoms with E-state index in [2.05, 4.69) is 20.9 Å². The van der Waals surface area contributed by atoms with E-state index in [0.717, 1.165) is 19.4 Å². The van der Waals surface area contributed by atoms with Crippen LogP contribution < -0.4 is 27.4 Å². The average molecular weight is 482 g/mol. The van der Waals surface area contributed by atoms with Crippen LogP contribution in [0.4, 0.5) is 0 Å². The molecule has 12 nitrogen and oxygen atoms in total. The van der Waals surface area contributed by atoms with Crippen molar-refractivity contribution in [2.45, 2.75) is 83.0 Å². The zero-order chi connectivity index (χ0) is 25.3. The molecular formula is C22H39N7O5. The minimum atomic E-state index is -1.16. The van der Waals surface area contributed by atoms with Gasteiger partial charge < -0.3 is 37.4 Å². The quantitative estimate of drug-likeness (QED) is 0.115. The molecule has 0 aromatic rings. The number of hydrogen-bond donors (Lipinski definition) is 6.